The molecule has 4 rings (SSSR count). The van der Waals surface area contributed by atoms with E-state index in [1.807, 2.05) is 27.7 Å². The van der Waals surface area contributed by atoms with Gasteiger partial charge >= 0.3 is 17.9 Å². The van der Waals surface area contributed by atoms with Crippen LogP contribution in [0.25, 0.3) is 0 Å². The lowest BCUT2D eigenvalue weighted by Crippen LogP contribution is -2.39. The van der Waals surface area contributed by atoms with Crippen molar-refractivity contribution in [1.29, 1.82) is 0 Å². The summed E-state index contributed by atoms with van der Waals surface area (Å²) < 4.78 is 36.9. The second-order valence-corrected chi connectivity index (χ2v) is 16.5. The second-order valence-electron chi connectivity index (χ2n) is 14.3. The highest BCUT2D eigenvalue weighted by Crippen LogP contribution is 2.27. The molecule has 2 unspecified atom stereocenters. The van der Waals surface area contributed by atoms with Gasteiger partial charge in [0.15, 0.2) is 10.2 Å². The average molecular weight is 811 g/mol. The van der Waals surface area contributed by atoms with Crippen molar-refractivity contribution in [3.8, 4) is 0 Å². The van der Waals surface area contributed by atoms with Gasteiger partial charge in [-0.05, 0) is 40.5 Å². The van der Waals surface area contributed by atoms with Crippen molar-refractivity contribution in [1.82, 2.24) is 0 Å². The number of carbonyl (C=O) groups excluding carboxylic acids is 5. The van der Waals surface area contributed by atoms with Crippen LogP contribution in [0.4, 0.5) is 0 Å². The third-order valence-corrected chi connectivity index (χ3v) is 10.1. The van der Waals surface area contributed by atoms with Crippen LogP contribution < -0.4 is 0 Å². The maximum absolute atomic E-state index is 11.8. The first-order valence-electron chi connectivity index (χ1n) is 18.4. The van der Waals surface area contributed by atoms with Crippen molar-refractivity contribution < 1.29 is 57.1 Å². The first-order chi connectivity index (χ1) is 24.8. The fraction of sp³-hybridized carbons (Fsp3) is 0.816. The summed E-state index contributed by atoms with van der Waals surface area (Å²) in [5.41, 5.74) is -0.626. The molecule has 12 nitrogen and oxygen atoms in total. The van der Waals surface area contributed by atoms with Gasteiger partial charge in [-0.15, -0.1) is 12.6 Å². The van der Waals surface area contributed by atoms with E-state index >= 15 is 0 Å². The summed E-state index contributed by atoms with van der Waals surface area (Å²) in [6, 6.07) is 0. The SMILES string of the molecule is C1CCOC1.C=C(C)C(=O)OC1(C)CCOCC1.CC(=O)S.CC(=O)SCC(C)C(=O)OC1(C)CCOCC1.CC(CS)C(=O)OC1(C)CCOCC1. The van der Waals surface area contributed by atoms with Crippen LogP contribution >= 0.6 is 37.0 Å². The number of thiol groups is 2. The molecule has 0 aromatic rings. The number of ether oxygens (including phenoxy) is 7. The zero-order valence-electron chi connectivity index (χ0n) is 33.3. The Balaban J connectivity index is 0.000000687. The molecule has 4 saturated heterocycles. The minimum absolute atomic E-state index is 0.0296. The predicted octanol–water partition coefficient (Wildman–Crippen LogP) is 6.61. The van der Waals surface area contributed by atoms with E-state index in [1.165, 1.54) is 26.7 Å². The Bertz CT molecular complexity index is 1100. The average Bonchev–Trinajstić information content (AvgIpc) is 3.68. The summed E-state index contributed by atoms with van der Waals surface area (Å²) in [5.74, 6) is -0.0230. The van der Waals surface area contributed by atoms with Gasteiger partial charge in [0.1, 0.15) is 16.8 Å². The molecule has 308 valence electrons. The molecule has 0 spiro atoms. The van der Waals surface area contributed by atoms with Gasteiger partial charge in [-0.3, -0.25) is 19.2 Å². The molecule has 0 bridgehead atoms. The Morgan fingerprint density at radius 2 is 0.962 bits per heavy atom. The van der Waals surface area contributed by atoms with Gasteiger partial charge in [-0.25, -0.2) is 4.79 Å². The quantitative estimate of drug-likeness (QED) is 0.111. The fourth-order valence-electron chi connectivity index (χ4n) is 4.61. The van der Waals surface area contributed by atoms with Crippen LogP contribution in [0.2, 0.25) is 0 Å². The highest BCUT2D eigenvalue weighted by atomic mass is 32.2. The molecule has 0 aliphatic carbocycles. The van der Waals surface area contributed by atoms with Crippen molar-refractivity contribution in [2.24, 2.45) is 11.8 Å². The van der Waals surface area contributed by atoms with E-state index in [4.69, 9.17) is 33.2 Å². The number of carbonyl (C=O) groups is 5. The smallest absolute Gasteiger partial charge is 0.333 e. The summed E-state index contributed by atoms with van der Waals surface area (Å²) in [6.07, 6.45) is 7.16. The summed E-state index contributed by atoms with van der Waals surface area (Å²) in [7, 11) is 0. The van der Waals surface area contributed by atoms with E-state index in [9.17, 15) is 24.0 Å². The van der Waals surface area contributed by atoms with Crippen LogP contribution in [0.15, 0.2) is 12.2 Å². The minimum atomic E-state index is -0.398. The maximum atomic E-state index is 11.8. The molecule has 0 N–H and O–H groups in total. The van der Waals surface area contributed by atoms with E-state index in [0.29, 0.717) is 56.7 Å². The van der Waals surface area contributed by atoms with Gasteiger partial charge in [-0.1, -0.05) is 32.2 Å². The fourth-order valence-corrected chi connectivity index (χ4v) is 5.38. The third-order valence-electron chi connectivity index (χ3n) is 8.48. The lowest BCUT2D eigenvalue weighted by atomic mass is 9.96. The Kier molecular flexibility index (Phi) is 27.0. The van der Waals surface area contributed by atoms with Crippen LogP contribution in [0.5, 0.6) is 0 Å². The highest BCUT2D eigenvalue weighted by molar-refractivity contribution is 8.13. The van der Waals surface area contributed by atoms with Gasteiger partial charge in [0.25, 0.3) is 0 Å². The van der Waals surface area contributed by atoms with Gasteiger partial charge in [0.2, 0.25) is 0 Å². The molecule has 53 heavy (non-hydrogen) atoms. The van der Waals surface area contributed by atoms with Crippen molar-refractivity contribution in [3.63, 3.8) is 0 Å². The Morgan fingerprint density at radius 3 is 1.25 bits per heavy atom. The van der Waals surface area contributed by atoms with Gasteiger partial charge in [0, 0.05) is 82.7 Å². The molecule has 4 heterocycles. The third kappa shape index (κ3) is 26.0. The first-order valence-corrected chi connectivity index (χ1v) is 20.4. The Morgan fingerprint density at radius 1 is 0.642 bits per heavy atom. The van der Waals surface area contributed by atoms with Crippen LogP contribution in [-0.4, -0.2) is 109 Å². The molecule has 0 aromatic carbocycles. The number of hydrogen-bond acceptors (Lipinski definition) is 14. The number of hydrogen-bond donors (Lipinski definition) is 2. The second kappa shape index (κ2) is 27.9. The van der Waals surface area contributed by atoms with E-state index in [2.05, 4.69) is 31.8 Å². The van der Waals surface area contributed by atoms with Crippen LogP contribution in [0.3, 0.4) is 0 Å². The summed E-state index contributed by atoms with van der Waals surface area (Å²) in [6.45, 7) is 23.5. The number of rotatable bonds is 9. The van der Waals surface area contributed by atoms with E-state index in [-0.39, 0.29) is 51.2 Å². The molecule has 4 aliphatic heterocycles. The molecular weight excluding hydrogens is 745 g/mol. The van der Waals surface area contributed by atoms with E-state index in [0.717, 1.165) is 63.5 Å². The topological polar surface area (TPSA) is 150 Å². The minimum Gasteiger partial charge on any atom is -0.459 e. The molecular formula is C38H66O12S3. The Hall–Kier alpha value is -1.62. The lowest BCUT2D eigenvalue weighted by Gasteiger charge is -2.33. The van der Waals surface area contributed by atoms with Crippen molar-refractivity contribution in [3.05, 3.63) is 12.2 Å². The highest BCUT2D eigenvalue weighted by Gasteiger charge is 2.34. The molecule has 4 fully saturated rings. The molecule has 0 radical (unpaired) electrons. The van der Waals surface area contributed by atoms with Crippen LogP contribution in [-0.2, 0) is 57.1 Å². The van der Waals surface area contributed by atoms with Gasteiger partial charge in [-0.2, -0.15) is 12.6 Å². The molecule has 0 saturated carbocycles. The molecule has 2 atom stereocenters. The zero-order chi connectivity index (χ0) is 40.5. The lowest BCUT2D eigenvalue weighted by molar-refractivity contribution is -0.171. The molecule has 0 amide bonds. The van der Waals surface area contributed by atoms with Gasteiger partial charge < -0.3 is 33.2 Å². The number of thioether (sulfide) groups is 1. The van der Waals surface area contributed by atoms with Crippen LogP contribution in [0, 0.1) is 11.8 Å². The van der Waals surface area contributed by atoms with Crippen molar-refractivity contribution in [2.45, 2.75) is 124 Å². The summed E-state index contributed by atoms with van der Waals surface area (Å²) >= 11 is 8.57. The van der Waals surface area contributed by atoms with Crippen molar-refractivity contribution >= 4 is 65.2 Å². The molecule has 15 heteroatoms. The zero-order valence-corrected chi connectivity index (χ0v) is 35.9. The van der Waals surface area contributed by atoms with E-state index < -0.39 is 5.60 Å². The molecule has 4 aliphatic rings. The monoisotopic (exact) mass is 810 g/mol. The largest absolute Gasteiger partial charge is 0.459 e. The normalized spacial score (nSPS) is 20.5. The Labute approximate surface area is 333 Å². The van der Waals surface area contributed by atoms with Crippen molar-refractivity contribution in [2.75, 3.05) is 64.4 Å². The first kappa shape index (κ1) is 51.4. The van der Waals surface area contributed by atoms with E-state index in [1.54, 1.807) is 13.8 Å². The summed E-state index contributed by atoms with van der Waals surface area (Å²) in [4.78, 5) is 54.8. The predicted molar refractivity (Wildman–Crippen MR) is 214 cm³/mol. The standard InChI is InChI=1S/C12H20O4S.C10H18O3S.C10H16O3.C4H8O.C2H4OS/c1-9(8-17-10(2)13)11(14)16-12(3)4-6-15-7-5-12;1-8(7-14)9(11)13-10(2)3-5-12-6-4-10;1-8(2)9(11)13-10(3)4-6-12-7-5-10;1-2-4-5-3-1;1-2(3)4/h9H,4-8H2,1-3H3;8,14H,3-7H2,1-2H3;1,4-7H2,2-3H3;1-4H2;1H3,(H,3,4). The summed E-state index contributed by atoms with van der Waals surface area (Å²) in [5, 5.41) is -0.109. The molecule has 0 aromatic heterocycles. The number of esters is 3. The van der Waals surface area contributed by atoms with Crippen LogP contribution in [0.1, 0.15) is 107 Å². The van der Waals surface area contributed by atoms with Gasteiger partial charge in [0.05, 0.1) is 51.5 Å². The maximum Gasteiger partial charge on any atom is 0.333 e.